The maximum absolute atomic E-state index is 11.1. The van der Waals surface area contributed by atoms with Crippen molar-refractivity contribution in [1.82, 2.24) is 4.98 Å². The highest BCUT2D eigenvalue weighted by Crippen LogP contribution is 2.33. The number of hydrogen-bond donors (Lipinski definition) is 0. The first-order valence-corrected chi connectivity index (χ1v) is 5.82. The Bertz CT molecular complexity index is 720. The monoisotopic (exact) mass is 269 g/mol. The molecule has 20 heavy (non-hydrogen) atoms. The van der Waals surface area contributed by atoms with Gasteiger partial charge in [0.2, 0.25) is 11.6 Å². The van der Waals surface area contributed by atoms with Crippen molar-refractivity contribution in [2.24, 2.45) is 0 Å². The zero-order chi connectivity index (χ0) is 14.7. The lowest BCUT2D eigenvalue weighted by Crippen LogP contribution is -1.98. The van der Waals surface area contributed by atoms with Gasteiger partial charge in [-0.1, -0.05) is 12.1 Å². The van der Waals surface area contributed by atoms with E-state index in [1.165, 1.54) is 12.1 Å². The molecule has 0 aliphatic heterocycles. The minimum Gasteiger partial charge on any atom is -0.432 e. The van der Waals surface area contributed by atoms with Crippen LogP contribution in [-0.4, -0.2) is 9.91 Å². The summed E-state index contributed by atoms with van der Waals surface area (Å²) >= 11 is 0. The first-order chi connectivity index (χ1) is 9.51. The first-order valence-electron chi connectivity index (χ1n) is 5.82. The van der Waals surface area contributed by atoms with E-state index in [0.29, 0.717) is 16.8 Å². The number of pyridine rings is 1. The third kappa shape index (κ3) is 2.72. The van der Waals surface area contributed by atoms with Crippen LogP contribution in [0.2, 0.25) is 0 Å². The zero-order valence-electron chi connectivity index (χ0n) is 11.0. The second-order valence-electron chi connectivity index (χ2n) is 4.23. The predicted octanol–water partition coefficient (Wildman–Crippen LogP) is 3.27. The Morgan fingerprint density at radius 3 is 2.75 bits per heavy atom. The summed E-state index contributed by atoms with van der Waals surface area (Å²) < 4.78 is 5.47. The molecule has 0 fully saturated rings. The molecule has 0 radical (unpaired) electrons. The van der Waals surface area contributed by atoms with Gasteiger partial charge in [-0.15, -0.1) is 0 Å². The van der Waals surface area contributed by atoms with E-state index in [1.807, 2.05) is 6.07 Å². The van der Waals surface area contributed by atoms with E-state index < -0.39 is 4.92 Å². The third-order valence-corrected chi connectivity index (χ3v) is 2.66. The van der Waals surface area contributed by atoms with Gasteiger partial charge in [0.15, 0.2) is 0 Å². The fourth-order valence-corrected chi connectivity index (χ4v) is 1.82. The average molecular weight is 269 g/mol. The van der Waals surface area contributed by atoms with Crippen molar-refractivity contribution in [1.29, 1.82) is 5.26 Å². The lowest BCUT2D eigenvalue weighted by Gasteiger charge is -2.07. The maximum Gasteiger partial charge on any atom is 0.314 e. The van der Waals surface area contributed by atoms with Crippen LogP contribution in [-0.2, 0) is 0 Å². The molecule has 1 heterocycles. The Morgan fingerprint density at radius 1 is 1.35 bits per heavy atom. The van der Waals surface area contributed by atoms with Gasteiger partial charge in [0, 0.05) is 17.3 Å². The molecule has 0 aliphatic rings. The molecule has 0 amide bonds. The van der Waals surface area contributed by atoms with E-state index in [-0.39, 0.29) is 17.3 Å². The van der Waals surface area contributed by atoms with E-state index in [4.69, 9.17) is 10.00 Å². The Kier molecular flexibility index (Phi) is 3.62. The molecular formula is C14H11N3O3. The van der Waals surface area contributed by atoms with E-state index in [2.05, 4.69) is 4.98 Å². The predicted molar refractivity (Wildman–Crippen MR) is 71.6 cm³/mol. The standard InChI is InChI=1S/C14H11N3O3/c1-9-4-3-5-12(14(9)17(18)19)20-13-7-11(8-15)6-10(2)16-13/h3-7H,1-2H3. The molecule has 0 saturated heterocycles. The highest BCUT2D eigenvalue weighted by molar-refractivity contribution is 5.53. The van der Waals surface area contributed by atoms with Gasteiger partial charge >= 0.3 is 5.69 Å². The quantitative estimate of drug-likeness (QED) is 0.630. The number of nitro benzene ring substituents is 1. The van der Waals surface area contributed by atoms with Gasteiger partial charge in [0.25, 0.3) is 0 Å². The summed E-state index contributed by atoms with van der Waals surface area (Å²) in [5.74, 6) is 0.271. The number of aromatic nitrogens is 1. The molecule has 2 aromatic rings. The Labute approximate surface area is 115 Å². The minimum atomic E-state index is -0.494. The van der Waals surface area contributed by atoms with Crippen LogP contribution < -0.4 is 4.74 Å². The molecule has 0 aliphatic carbocycles. The molecular weight excluding hydrogens is 258 g/mol. The summed E-state index contributed by atoms with van der Waals surface area (Å²) in [5.41, 5.74) is 1.40. The van der Waals surface area contributed by atoms with Crippen molar-refractivity contribution in [2.75, 3.05) is 0 Å². The largest absolute Gasteiger partial charge is 0.432 e. The van der Waals surface area contributed by atoms with Gasteiger partial charge in [-0.25, -0.2) is 4.98 Å². The summed E-state index contributed by atoms with van der Waals surface area (Å²) in [6.45, 7) is 3.35. The van der Waals surface area contributed by atoms with Crippen LogP contribution in [0.5, 0.6) is 11.6 Å². The van der Waals surface area contributed by atoms with Crippen LogP contribution in [0.15, 0.2) is 30.3 Å². The number of benzene rings is 1. The number of nitriles is 1. The Hall–Kier alpha value is -2.94. The molecule has 0 spiro atoms. The summed E-state index contributed by atoms with van der Waals surface area (Å²) in [6.07, 6.45) is 0. The van der Waals surface area contributed by atoms with Crippen LogP contribution in [0.3, 0.4) is 0 Å². The number of nitrogens with zero attached hydrogens (tertiary/aromatic N) is 3. The van der Waals surface area contributed by atoms with Crippen LogP contribution in [0, 0.1) is 35.3 Å². The minimum absolute atomic E-state index is 0.102. The van der Waals surface area contributed by atoms with E-state index in [9.17, 15) is 10.1 Å². The fourth-order valence-electron chi connectivity index (χ4n) is 1.82. The van der Waals surface area contributed by atoms with E-state index in [1.54, 1.807) is 32.0 Å². The van der Waals surface area contributed by atoms with Gasteiger partial charge in [-0.3, -0.25) is 10.1 Å². The van der Waals surface area contributed by atoms with Gasteiger partial charge < -0.3 is 4.74 Å². The van der Waals surface area contributed by atoms with Crippen molar-refractivity contribution in [2.45, 2.75) is 13.8 Å². The molecule has 6 heteroatoms. The molecule has 0 N–H and O–H groups in total. The summed E-state index contributed by atoms with van der Waals surface area (Å²) in [7, 11) is 0. The molecule has 0 bridgehead atoms. The van der Waals surface area contributed by atoms with Gasteiger partial charge in [-0.2, -0.15) is 5.26 Å². The van der Waals surface area contributed by atoms with Crippen LogP contribution in [0.4, 0.5) is 5.69 Å². The van der Waals surface area contributed by atoms with Gasteiger partial charge in [0.1, 0.15) is 0 Å². The lowest BCUT2D eigenvalue weighted by molar-refractivity contribution is -0.386. The van der Waals surface area contributed by atoms with Crippen LogP contribution in [0.1, 0.15) is 16.8 Å². The Morgan fingerprint density at radius 2 is 2.10 bits per heavy atom. The van der Waals surface area contributed by atoms with Gasteiger partial charge in [0.05, 0.1) is 16.6 Å². The van der Waals surface area contributed by atoms with E-state index >= 15 is 0 Å². The highest BCUT2D eigenvalue weighted by Gasteiger charge is 2.19. The van der Waals surface area contributed by atoms with Crippen molar-refractivity contribution < 1.29 is 9.66 Å². The normalized spacial score (nSPS) is 9.85. The highest BCUT2D eigenvalue weighted by atomic mass is 16.6. The summed E-state index contributed by atoms with van der Waals surface area (Å²) in [4.78, 5) is 14.7. The van der Waals surface area contributed by atoms with E-state index in [0.717, 1.165) is 0 Å². The number of hydrogen-bond acceptors (Lipinski definition) is 5. The van der Waals surface area contributed by atoms with Crippen LogP contribution in [0.25, 0.3) is 0 Å². The van der Waals surface area contributed by atoms with Crippen molar-refractivity contribution in [3.8, 4) is 17.7 Å². The molecule has 100 valence electrons. The fraction of sp³-hybridized carbons (Fsp3) is 0.143. The average Bonchev–Trinajstić information content (AvgIpc) is 2.37. The molecule has 2 rings (SSSR count). The topological polar surface area (TPSA) is 89.0 Å². The number of rotatable bonds is 3. The number of ether oxygens (including phenoxy) is 1. The molecule has 1 aromatic carbocycles. The summed E-state index contributed by atoms with van der Waals surface area (Å²) in [6, 6.07) is 9.84. The van der Waals surface area contributed by atoms with Gasteiger partial charge in [-0.05, 0) is 26.0 Å². The lowest BCUT2D eigenvalue weighted by atomic mass is 10.2. The molecule has 6 nitrogen and oxygen atoms in total. The Balaban J connectivity index is 2.46. The SMILES string of the molecule is Cc1cc(C#N)cc(Oc2cccc(C)c2[N+](=O)[O-])n1. The molecule has 0 atom stereocenters. The molecule has 0 saturated carbocycles. The summed E-state index contributed by atoms with van der Waals surface area (Å²) in [5, 5.41) is 20.0. The van der Waals surface area contributed by atoms with Crippen molar-refractivity contribution >= 4 is 5.69 Å². The number of para-hydroxylation sites is 1. The second kappa shape index (κ2) is 5.36. The molecule has 1 aromatic heterocycles. The maximum atomic E-state index is 11.1. The van der Waals surface area contributed by atoms with Crippen LogP contribution >= 0.6 is 0 Å². The first kappa shape index (κ1) is 13.5. The molecule has 0 unspecified atom stereocenters. The van der Waals surface area contributed by atoms with Crippen molar-refractivity contribution in [3.63, 3.8) is 0 Å². The number of aryl methyl sites for hydroxylation is 2. The smallest absolute Gasteiger partial charge is 0.314 e. The third-order valence-electron chi connectivity index (χ3n) is 2.66. The van der Waals surface area contributed by atoms with Crippen molar-refractivity contribution in [3.05, 3.63) is 57.3 Å². The zero-order valence-corrected chi connectivity index (χ0v) is 11.0. The number of nitro groups is 1. The second-order valence-corrected chi connectivity index (χ2v) is 4.23.